The summed E-state index contributed by atoms with van der Waals surface area (Å²) >= 11 is 5.73. The number of hydrogen-bond acceptors (Lipinski definition) is 5. The molecule has 2 aromatic rings. The molecule has 1 N–H and O–H groups in total. The van der Waals surface area contributed by atoms with Gasteiger partial charge in [-0.15, -0.1) is 0 Å². The molecule has 9 nitrogen and oxygen atoms in total. The van der Waals surface area contributed by atoms with Crippen LogP contribution in [0.15, 0.2) is 18.6 Å². The van der Waals surface area contributed by atoms with Crippen LogP contribution in [-0.2, 0) is 17.9 Å². The fourth-order valence-corrected chi connectivity index (χ4v) is 2.06. The predicted octanol–water partition coefficient (Wildman–Crippen LogP) is 1.16. The van der Waals surface area contributed by atoms with Gasteiger partial charge < -0.3 is 5.32 Å². The van der Waals surface area contributed by atoms with Gasteiger partial charge in [-0.25, -0.2) is 0 Å². The quantitative estimate of drug-likeness (QED) is 0.606. The Bertz CT molecular complexity index is 680. The van der Waals surface area contributed by atoms with Gasteiger partial charge in [0, 0.05) is 19.2 Å². The van der Waals surface area contributed by atoms with Crippen molar-refractivity contribution in [2.75, 3.05) is 6.54 Å². The summed E-state index contributed by atoms with van der Waals surface area (Å²) in [6, 6.07) is 0. The van der Waals surface area contributed by atoms with Gasteiger partial charge in [0.25, 0.3) is 0 Å². The van der Waals surface area contributed by atoms with Crippen molar-refractivity contribution < 1.29 is 9.72 Å². The number of aromatic nitrogens is 4. The molecular formula is C12H15ClN6O3. The molecular weight excluding hydrogens is 312 g/mol. The first-order valence-corrected chi connectivity index (χ1v) is 6.96. The zero-order valence-corrected chi connectivity index (χ0v) is 12.7. The Morgan fingerprint density at radius 3 is 2.77 bits per heavy atom. The molecule has 2 heterocycles. The molecule has 0 aliphatic rings. The van der Waals surface area contributed by atoms with Crippen molar-refractivity contribution >= 4 is 23.2 Å². The third-order valence-corrected chi connectivity index (χ3v) is 3.28. The standard InChI is InChI=1S/C12H15ClN6O3/c1-9-11(19(21)22)7-16-18(9)4-2-12(20)14-3-5-17-8-10(13)6-15-17/h6-8H,2-5H2,1H3,(H,14,20). The maximum atomic E-state index is 11.7. The maximum Gasteiger partial charge on any atom is 0.309 e. The molecule has 0 fully saturated rings. The third kappa shape index (κ3) is 4.04. The van der Waals surface area contributed by atoms with Crippen LogP contribution in [0.4, 0.5) is 5.69 Å². The van der Waals surface area contributed by atoms with Crippen LogP contribution < -0.4 is 5.32 Å². The molecule has 0 aliphatic heterocycles. The van der Waals surface area contributed by atoms with Gasteiger partial charge in [-0.1, -0.05) is 11.6 Å². The van der Waals surface area contributed by atoms with Crippen LogP contribution in [-0.4, -0.2) is 36.9 Å². The highest BCUT2D eigenvalue weighted by atomic mass is 35.5. The Balaban J connectivity index is 1.74. The summed E-state index contributed by atoms with van der Waals surface area (Å²) in [6.45, 7) is 2.84. The lowest BCUT2D eigenvalue weighted by molar-refractivity contribution is -0.385. The van der Waals surface area contributed by atoms with Crippen LogP contribution >= 0.6 is 11.6 Å². The Kier molecular flexibility index (Phi) is 5.10. The molecule has 0 bridgehead atoms. The number of nitrogens with one attached hydrogen (secondary N) is 1. The number of rotatable bonds is 7. The van der Waals surface area contributed by atoms with E-state index in [9.17, 15) is 14.9 Å². The van der Waals surface area contributed by atoms with Crippen molar-refractivity contribution in [3.8, 4) is 0 Å². The summed E-state index contributed by atoms with van der Waals surface area (Å²) in [5.41, 5.74) is 0.389. The largest absolute Gasteiger partial charge is 0.354 e. The van der Waals surface area contributed by atoms with Gasteiger partial charge >= 0.3 is 5.69 Å². The van der Waals surface area contributed by atoms with Crippen LogP contribution in [0, 0.1) is 17.0 Å². The minimum atomic E-state index is -0.492. The minimum absolute atomic E-state index is 0.0454. The molecule has 0 radical (unpaired) electrons. The zero-order chi connectivity index (χ0) is 16.1. The number of amides is 1. The first-order chi connectivity index (χ1) is 10.5. The van der Waals surface area contributed by atoms with E-state index in [-0.39, 0.29) is 18.0 Å². The topological polar surface area (TPSA) is 108 Å². The second-order valence-corrected chi connectivity index (χ2v) is 5.05. The van der Waals surface area contributed by atoms with Crippen molar-refractivity contribution in [3.63, 3.8) is 0 Å². The van der Waals surface area contributed by atoms with Gasteiger partial charge in [0.1, 0.15) is 11.9 Å². The van der Waals surface area contributed by atoms with Crippen molar-refractivity contribution in [1.82, 2.24) is 24.9 Å². The summed E-state index contributed by atoms with van der Waals surface area (Å²) < 4.78 is 3.08. The number of nitro groups is 1. The van der Waals surface area contributed by atoms with E-state index in [0.717, 1.165) is 0 Å². The Morgan fingerprint density at radius 1 is 1.41 bits per heavy atom. The fourth-order valence-electron chi connectivity index (χ4n) is 1.91. The molecule has 0 unspecified atom stereocenters. The predicted molar refractivity (Wildman–Crippen MR) is 78.5 cm³/mol. The molecule has 118 valence electrons. The lowest BCUT2D eigenvalue weighted by Gasteiger charge is -2.06. The van der Waals surface area contributed by atoms with E-state index < -0.39 is 4.92 Å². The average molecular weight is 327 g/mol. The van der Waals surface area contributed by atoms with Gasteiger partial charge in [0.2, 0.25) is 5.91 Å². The van der Waals surface area contributed by atoms with E-state index in [0.29, 0.717) is 30.4 Å². The monoisotopic (exact) mass is 326 g/mol. The van der Waals surface area contributed by atoms with E-state index in [1.165, 1.54) is 17.1 Å². The van der Waals surface area contributed by atoms with Crippen molar-refractivity contribution in [2.24, 2.45) is 0 Å². The number of halogens is 1. The summed E-state index contributed by atoms with van der Waals surface area (Å²) in [5.74, 6) is -0.157. The summed E-state index contributed by atoms with van der Waals surface area (Å²) in [7, 11) is 0. The van der Waals surface area contributed by atoms with Crippen molar-refractivity contribution in [3.05, 3.63) is 39.4 Å². The SMILES string of the molecule is Cc1c([N+](=O)[O-])cnn1CCC(=O)NCCn1cc(Cl)cn1. The first kappa shape index (κ1) is 16.0. The Hall–Kier alpha value is -2.42. The van der Waals surface area contributed by atoms with E-state index in [4.69, 9.17) is 11.6 Å². The van der Waals surface area contributed by atoms with E-state index >= 15 is 0 Å². The summed E-state index contributed by atoms with van der Waals surface area (Å²) in [4.78, 5) is 21.9. The highest BCUT2D eigenvalue weighted by molar-refractivity contribution is 6.30. The molecule has 0 spiro atoms. The first-order valence-electron chi connectivity index (χ1n) is 6.59. The number of hydrogen-bond donors (Lipinski definition) is 1. The molecule has 2 aromatic heterocycles. The maximum absolute atomic E-state index is 11.7. The molecule has 0 saturated heterocycles. The van der Waals surface area contributed by atoms with E-state index in [2.05, 4.69) is 15.5 Å². The molecule has 0 aliphatic carbocycles. The van der Waals surface area contributed by atoms with E-state index in [1.54, 1.807) is 17.8 Å². The molecule has 0 atom stereocenters. The molecule has 1 amide bonds. The Morgan fingerprint density at radius 2 is 2.18 bits per heavy atom. The highest BCUT2D eigenvalue weighted by Gasteiger charge is 2.16. The van der Waals surface area contributed by atoms with Crippen LogP contribution in [0.3, 0.4) is 0 Å². The van der Waals surface area contributed by atoms with E-state index in [1.807, 2.05) is 0 Å². The van der Waals surface area contributed by atoms with Crippen LogP contribution in [0.1, 0.15) is 12.1 Å². The molecule has 2 rings (SSSR count). The lowest BCUT2D eigenvalue weighted by atomic mass is 10.3. The van der Waals surface area contributed by atoms with Gasteiger partial charge in [-0.3, -0.25) is 24.3 Å². The van der Waals surface area contributed by atoms with Crippen molar-refractivity contribution in [1.29, 1.82) is 0 Å². The van der Waals surface area contributed by atoms with Gasteiger partial charge in [0.05, 0.1) is 29.2 Å². The molecule has 22 heavy (non-hydrogen) atoms. The average Bonchev–Trinajstić information content (AvgIpc) is 3.03. The zero-order valence-electron chi connectivity index (χ0n) is 11.9. The van der Waals surface area contributed by atoms with Crippen LogP contribution in [0.25, 0.3) is 0 Å². The van der Waals surface area contributed by atoms with Crippen LogP contribution in [0.5, 0.6) is 0 Å². The summed E-state index contributed by atoms with van der Waals surface area (Å²) in [5, 5.41) is 21.9. The highest BCUT2D eigenvalue weighted by Crippen LogP contribution is 2.16. The molecule has 0 saturated carbocycles. The molecule has 0 aromatic carbocycles. The second-order valence-electron chi connectivity index (χ2n) is 4.62. The van der Waals surface area contributed by atoms with Crippen molar-refractivity contribution in [2.45, 2.75) is 26.4 Å². The van der Waals surface area contributed by atoms with Gasteiger partial charge in [0.15, 0.2) is 0 Å². The third-order valence-electron chi connectivity index (χ3n) is 3.09. The normalized spacial score (nSPS) is 10.6. The minimum Gasteiger partial charge on any atom is -0.354 e. The number of carbonyl (C=O) groups is 1. The fraction of sp³-hybridized carbons (Fsp3) is 0.417. The van der Waals surface area contributed by atoms with Gasteiger partial charge in [-0.2, -0.15) is 10.2 Å². The lowest BCUT2D eigenvalue weighted by Crippen LogP contribution is -2.28. The Labute approximate surface area is 131 Å². The van der Waals surface area contributed by atoms with Gasteiger partial charge in [-0.05, 0) is 6.92 Å². The number of nitrogens with zero attached hydrogens (tertiary/aromatic N) is 5. The number of aryl methyl sites for hydroxylation is 1. The molecule has 10 heteroatoms. The number of carbonyl (C=O) groups excluding carboxylic acids is 1. The summed E-state index contributed by atoms with van der Waals surface area (Å²) in [6.07, 6.45) is 4.57. The second kappa shape index (κ2) is 7.03. The smallest absolute Gasteiger partial charge is 0.309 e. The van der Waals surface area contributed by atoms with Crippen LogP contribution in [0.2, 0.25) is 5.02 Å².